The van der Waals surface area contributed by atoms with Crippen LogP contribution in [-0.2, 0) is 11.3 Å². The standard InChI is InChI=1S/C15H12BrN3O4/c1-8-3-12(9(2)22-8)14-19-18-13(23-14)7-21-15(20)10-4-11(16)6-17-5-10/h3-6H,7H2,1-2H3. The lowest BCUT2D eigenvalue weighted by Gasteiger charge is -2.01. The summed E-state index contributed by atoms with van der Waals surface area (Å²) in [5.74, 6) is 1.46. The zero-order valence-electron chi connectivity index (χ0n) is 12.4. The minimum absolute atomic E-state index is 0.117. The predicted molar refractivity (Wildman–Crippen MR) is 82.5 cm³/mol. The minimum atomic E-state index is -0.520. The zero-order valence-corrected chi connectivity index (χ0v) is 14.0. The molecule has 3 aromatic heterocycles. The molecule has 0 aromatic carbocycles. The van der Waals surface area contributed by atoms with Gasteiger partial charge in [-0.05, 0) is 41.9 Å². The number of aromatic nitrogens is 3. The van der Waals surface area contributed by atoms with Crippen LogP contribution in [0.15, 0.2) is 37.8 Å². The first-order valence-corrected chi connectivity index (χ1v) is 7.49. The summed E-state index contributed by atoms with van der Waals surface area (Å²) in [6, 6.07) is 3.43. The molecule has 8 heteroatoms. The van der Waals surface area contributed by atoms with Crippen molar-refractivity contribution in [1.82, 2.24) is 15.2 Å². The molecule has 0 N–H and O–H groups in total. The quantitative estimate of drug-likeness (QED) is 0.642. The Bertz CT molecular complexity index is 856. The van der Waals surface area contributed by atoms with E-state index >= 15 is 0 Å². The molecule has 0 radical (unpaired) electrons. The molecule has 0 fully saturated rings. The Morgan fingerprint density at radius 2 is 2.04 bits per heavy atom. The Hall–Kier alpha value is -2.48. The number of ether oxygens (including phenoxy) is 1. The predicted octanol–water partition coefficient (Wildman–Crippen LogP) is 3.46. The molecule has 3 rings (SSSR count). The first-order valence-electron chi connectivity index (χ1n) is 6.70. The summed E-state index contributed by atoms with van der Waals surface area (Å²) < 4.78 is 16.7. The van der Waals surface area contributed by atoms with Gasteiger partial charge in [0.05, 0.1) is 11.1 Å². The van der Waals surface area contributed by atoms with E-state index in [9.17, 15) is 4.79 Å². The molecular formula is C15H12BrN3O4. The Morgan fingerprint density at radius 1 is 1.22 bits per heavy atom. The van der Waals surface area contributed by atoms with Crippen LogP contribution in [-0.4, -0.2) is 21.2 Å². The number of halogens is 1. The van der Waals surface area contributed by atoms with E-state index in [1.165, 1.54) is 6.20 Å². The number of carbonyl (C=O) groups is 1. The maximum absolute atomic E-state index is 11.9. The van der Waals surface area contributed by atoms with Crippen LogP contribution >= 0.6 is 15.9 Å². The third-order valence-corrected chi connectivity index (χ3v) is 3.44. The van der Waals surface area contributed by atoms with Gasteiger partial charge in [-0.1, -0.05) is 0 Å². The molecule has 3 aromatic rings. The summed E-state index contributed by atoms with van der Waals surface area (Å²) in [7, 11) is 0. The fourth-order valence-electron chi connectivity index (χ4n) is 2.00. The molecule has 7 nitrogen and oxygen atoms in total. The van der Waals surface area contributed by atoms with Gasteiger partial charge in [-0.25, -0.2) is 4.79 Å². The maximum Gasteiger partial charge on any atom is 0.340 e. The molecule has 0 bridgehead atoms. The van der Waals surface area contributed by atoms with Gasteiger partial charge in [-0.2, -0.15) is 0 Å². The first-order chi connectivity index (χ1) is 11.0. The fourth-order valence-corrected chi connectivity index (χ4v) is 2.36. The Morgan fingerprint density at radius 3 is 2.74 bits per heavy atom. The topological polar surface area (TPSA) is 91.2 Å². The summed E-state index contributed by atoms with van der Waals surface area (Å²) >= 11 is 3.24. The smallest absolute Gasteiger partial charge is 0.340 e. The van der Waals surface area contributed by atoms with Crippen LogP contribution in [0.3, 0.4) is 0 Å². The zero-order chi connectivity index (χ0) is 16.4. The van der Waals surface area contributed by atoms with Crippen molar-refractivity contribution in [1.29, 1.82) is 0 Å². The summed E-state index contributed by atoms with van der Waals surface area (Å²) in [6.07, 6.45) is 3.00. The summed E-state index contributed by atoms with van der Waals surface area (Å²) in [6.45, 7) is 3.53. The van der Waals surface area contributed by atoms with Gasteiger partial charge < -0.3 is 13.6 Å². The molecule has 0 saturated carbocycles. The van der Waals surface area contributed by atoms with Crippen molar-refractivity contribution >= 4 is 21.9 Å². The lowest BCUT2D eigenvalue weighted by molar-refractivity contribution is 0.0438. The number of aryl methyl sites for hydroxylation is 2. The lowest BCUT2D eigenvalue weighted by Crippen LogP contribution is -2.05. The molecule has 0 aliphatic rings. The third kappa shape index (κ3) is 3.48. The van der Waals surface area contributed by atoms with Crippen LogP contribution in [0.1, 0.15) is 27.8 Å². The molecule has 0 amide bonds. The van der Waals surface area contributed by atoms with Gasteiger partial charge in [0.2, 0.25) is 0 Å². The van der Waals surface area contributed by atoms with E-state index in [1.54, 1.807) is 12.3 Å². The van der Waals surface area contributed by atoms with Crippen LogP contribution in [0.2, 0.25) is 0 Å². The Kier molecular flexibility index (Phi) is 4.24. The highest BCUT2D eigenvalue weighted by atomic mass is 79.9. The van der Waals surface area contributed by atoms with Crippen molar-refractivity contribution in [3.63, 3.8) is 0 Å². The number of carbonyl (C=O) groups excluding carboxylic acids is 1. The second kappa shape index (κ2) is 6.33. The molecular weight excluding hydrogens is 366 g/mol. The average Bonchev–Trinajstić information content (AvgIpc) is 3.11. The Labute approximate surface area is 139 Å². The number of hydrogen-bond acceptors (Lipinski definition) is 7. The molecule has 0 spiro atoms. The third-order valence-electron chi connectivity index (χ3n) is 3.01. The highest BCUT2D eigenvalue weighted by molar-refractivity contribution is 9.10. The largest absolute Gasteiger partial charge is 0.466 e. The normalized spacial score (nSPS) is 10.7. The minimum Gasteiger partial charge on any atom is -0.466 e. The van der Waals surface area contributed by atoms with Crippen molar-refractivity contribution in [2.24, 2.45) is 0 Å². The monoisotopic (exact) mass is 377 g/mol. The Balaban J connectivity index is 1.68. The van der Waals surface area contributed by atoms with E-state index in [0.29, 0.717) is 21.7 Å². The number of nitrogens with zero attached hydrogens (tertiary/aromatic N) is 3. The SMILES string of the molecule is Cc1cc(-c2nnc(COC(=O)c3cncc(Br)c3)o2)c(C)o1. The summed E-state index contributed by atoms with van der Waals surface area (Å²) in [4.78, 5) is 15.8. The van der Waals surface area contributed by atoms with Crippen LogP contribution in [0.25, 0.3) is 11.5 Å². The molecule has 0 aliphatic carbocycles. The van der Waals surface area contributed by atoms with Crippen molar-refractivity contribution in [2.75, 3.05) is 0 Å². The number of hydrogen-bond donors (Lipinski definition) is 0. The summed E-state index contributed by atoms with van der Waals surface area (Å²) in [5.41, 5.74) is 1.06. The van der Waals surface area contributed by atoms with Crippen molar-refractivity contribution < 1.29 is 18.4 Å². The van der Waals surface area contributed by atoms with Gasteiger partial charge in [0.25, 0.3) is 11.8 Å². The number of rotatable bonds is 4. The van der Waals surface area contributed by atoms with Gasteiger partial charge >= 0.3 is 5.97 Å². The number of esters is 1. The summed E-state index contributed by atoms with van der Waals surface area (Å²) in [5, 5.41) is 7.80. The molecule has 0 saturated heterocycles. The van der Waals surface area contributed by atoms with Gasteiger partial charge in [-0.3, -0.25) is 4.98 Å². The van der Waals surface area contributed by atoms with Crippen molar-refractivity contribution in [3.8, 4) is 11.5 Å². The maximum atomic E-state index is 11.9. The van der Waals surface area contributed by atoms with Crippen LogP contribution in [0.4, 0.5) is 0 Å². The van der Waals surface area contributed by atoms with E-state index in [2.05, 4.69) is 31.1 Å². The second-order valence-electron chi connectivity index (χ2n) is 4.80. The van der Waals surface area contributed by atoms with Gasteiger partial charge in [0.15, 0.2) is 6.61 Å². The molecule has 3 heterocycles. The highest BCUT2D eigenvalue weighted by Gasteiger charge is 2.16. The average molecular weight is 378 g/mol. The fraction of sp³-hybridized carbons (Fsp3) is 0.200. The lowest BCUT2D eigenvalue weighted by atomic mass is 10.2. The van der Waals surface area contributed by atoms with Gasteiger partial charge in [-0.15, -0.1) is 10.2 Å². The first kappa shape index (κ1) is 15.4. The van der Waals surface area contributed by atoms with E-state index in [1.807, 2.05) is 19.9 Å². The van der Waals surface area contributed by atoms with Crippen molar-refractivity contribution in [2.45, 2.75) is 20.5 Å². The van der Waals surface area contributed by atoms with E-state index in [4.69, 9.17) is 13.6 Å². The van der Waals surface area contributed by atoms with Crippen molar-refractivity contribution in [3.05, 3.63) is 52.0 Å². The van der Waals surface area contributed by atoms with Gasteiger partial charge in [0.1, 0.15) is 11.5 Å². The van der Waals surface area contributed by atoms with Gasteiger partial charge in [0, 0.05) is 16.9 Å². The second-order valence-corrected chi connectivity index (χ2v) is 5.71. The van der Waals surface area contributed by atoms with Crippen LogP contribution in [0, 0.1) is 13.8 Å². The van der Waals surface area contributed by atoms with E-state index in [-0.39, 0.29) is 12.5 Å². The molecule has 118 valence electrons. The van der Waals surface area contributed by atoms with Crippen LogP contribution < -0.4 is 0 Å². The molecule has 23 heavy (non-hydrogen) atoms. The molecule has 0 aliphatic heterocycles. The molecule has 0 atom stereocenters. The number of furan rings is 1. The molecule has 0 unspecified atom stereocenters. The van der Waals surface area contributed by atoms with Crippen LogP contribution in [0.5, 0.6) is 0 Å². The highest BCUT2D eigenvalue weighted by Crippen LogP contribution is 2.25. The van der Waals surface area contributed by atoms with E-state index in [0.717, 1.165) is 11.3 Å². The van der Waals surface area contributed by atoms with E-state index < -0.39 is 5.97 Å². The number of pyridine rings is 1.